The summed E-state index contributed by atoms with van der Waals surface area (Å²) < 4.78 is 6.53. The molecule has 0 fully saturated rings. The monoisotopic (exact) mass is 443 g/mol. The molecule has 1 atom stereocenters. The third-order valence-electron chi connectivity index (χ3n) is 5.48. The molecule has 0 spiro atoms. The van der Waals surface area contributed by atoms with Crippen molar-refractivity contribution in [3.63, 3.8) is 0 Å². The van der Waals surface area contributed by atoms with Gasteiger partial charge in [-0.15, -0.1) is 11.3 Å². The Balaban J connectivity index is 1.68. The molecule has 0 saturated heterocycles. The zero-order chi connectivity index (χ0) is 21.5. The smallest absolute Gasteiger partial charge is 0.335 e. The van der Waals surface area contributed by atoms with Crippen LogP contribution in [0, 0.1) is 13.8 Å². The van der Waals surface area contributed by atoms with Crippen LogP contribution in [-0.4, -0.2) is 23.5 Å². The highest BCUT2D eigenvalue weighted by Crippen LogP contribution is 2.64. The number of aromatic nitrogens is 1. The summed E-state index contributed by atoms with van der Waals surface area (Å²) in [6.45, 7) is 8.56. The second-order valence-electron chi connectivity index (χ2n) is 7.69. The lowest BCUT2D eigenvalue weighted by Crippen LogP contribution is -2.27. The highest BCUT2D eigenvalue weighted by Gasteiger charge is 2.52. The van der Waals surface area contributed by atoms with Gasteiger partial charge in [0.25, 0.3) is 0 Å². The molecule has 4 N–H and O–H groups in total. The van der Waals surface area contributed by atoms with Crippen LogP contribution in [0.15, 0.2) is 47.8 Å². The van der Waals surface area contributed by atoms with Crippen molar-refractivity contribution in [3.8, 4) is 5.75 Å². The number of nitrogens with zero attached hydrogens (tertiary/aromatic N) is 1. The molecular weight excluding hydrogens is 415 g/mol. The van der Waals surface area contributed by atoms with Crippen molar-refractivity contribution in [2.75, 3.05) is 19.0 Å². The van der Waals surface area contributed by atoms with Crippen molar-refractivity contribution < 1.29 is 9.63 Å². The predicted molar refractivity (Wildman–Crippen MR) is 127 cm³/mol. The maximum Gasteiger partial charge on any atom is 0.335 e. The third kappa shape index (κ3) is 3.97. The fourth-order valence-corrected chi connectivity index (χ4v) is 7.90. The molecule has 1 aliphatic heterocycles. The third-order valence-corrected chi connectivity index (χ3v) is 9.58. The van der Waals surface area contributed by atoms with Crippen LogP contribution in [-0.2, 0) is 0 Å². The van der Waals surface area contributed by atoms with Crippen LogP contribution in [0.1, 0.15) is 35.8 Å². The van der Waals surface area contributed by atoms with Gasteiger partial charge in [0.05, 0.1) is 41.3 Å². The first-order chi connectivity index (χ1) is 14.3. The maximum atomic E-state index is 11.6. The van der Waals surface area contributed by atoms with Crippen LogP contribution >= 0.6 is 19.1 Å². The number of methoxy groups -OCH3 is 1. The molecule has 0 amide bonds. The number of rotatable bonds is 6. The molecule has 0 saturated carbocycles. The quantitative estimate of drug-likeness (QED) is 0.389. The Bertz CT molecular complexity index is 1110. The number of thiophene rings is 1. The Labute approximate surface area is 181 Å². The molecule has 4 rings (SSSR count). The summed E-state index contributed by atoms with van der Waals surface area (Å²) in [5.74, 6) is 0.839. The second-order valence-corrected chi connectivity index (χ2v) is 11.3. The number of allylic oxidation sites excluding steroid dienone is 2. The van der Waals surface area contributed by atoms with Crippen molar-refractivity contribution in [2.24, 2.45) is 0 Å². The van der Waals surface area contributed by atoms with Crippen LogP contribution in [0.2, 0.25) is 0 Å². The molecule has 3 heterocycles. The van der Waals surface area contributed by atoms with Crippen LogP contribution in [0.4, 0.5) is 5.69 Å². The van der Waals surface area contributed by atoms with E-state index in [1.54, 1.807) is 18.4 Å². The standard InChI is InChI=1S/C22H28N4O2PS/c1-13-6-9-19(16(4)24-13)23-12-20(29(27)25-14(2)15(3)26-29)22-10-17-7-8-18(28-5)11-21(17)30-22/h6-11,20,23,25-27H,12H2,1-5H3/q+1. The Morgan fingerprint density at radius 1 is 1.10 bits per heavy atom. The summed E-state index contributed by atoms with van der Waals surface area (Å²) in [7, 11) is -0.999. The summed E-state index contributed by atoms with van der Waals surface area (Å²) >= 11 is 1.70. The fourth-order valence-electron chi connectivity index (χ4n) is 3.68. The summed E-state index contributed by atoms with van der Waals surface area (Å²) in [6, 6.07) is 12.3. The molecule has 30 heavy (non-hydrogen) atoms. The Hall–Kier alpha value is -2.34. The van der Waals surface area contributed by atoms with Crippen LogP contribution < -0.4 is 20.2 Å². The topological polar surface area (TPSA) is 78.4 Å². The van der Waals surface area contributed by atoms with Crippen molar-refractivity contribution in [2.45, 2.75) is 33.4 Å². The van der Waals surface area contributed by atoms with Crippen LogP contribution in [0.3, 0.4) is 0 Å². The van der Waals surface area contributed by atoms with Gasteiger partial charge in [0.1, 0.15) is 5.75 Å². The van der Waals surface area contributed by atoms with E-state index in [9.17, 15) is 4.89 Å². The largest absolute Gasteiger partial charge is 0.497 e. The first kappa shape index (κ1) is 20.9. The van der Waals surface area contributed by atoms with Gasteiger partial charge in [-0.1, -0.05) is 0 Å². The van der Waals surface area contributed by atoms with E-state index in [4.69, 9.17) is 4.74 Å². The lowest BCUT2D eigenvalue weighted by Gasteiger charge is -2.25. The van der Waals surface area contributed by atoms with Gasteiger partial charge in [0, 0.05) is 10.4 Å². The van der Waals surface area contributed by atoms with Gasteiger partial charge in [-0.05, 0) is 69.5 Å². The summed E-state index contributed by atoms with van der Waals surface area (Å²) in [5.41, 5.74) is 4.79. The number of ether oxygens (including phenoxy) is 1. The molecule has 6 nitrogen and oxygen atoms in total. The zero-order valence-electron chi connectivity index (χ0n) is 17.9. The summed E-state index contributed by atoms with van der Waals surface area (Å²) in [6.07, 6.45) is 0. The lowest BCUT2D eigenvalue weighted by molar-refractivity contribution is 0.415. The van der Waals surface area contributed by atoms with E-state index in [1.807, 2.05) is 39.8 Å². The van der Waals surface area contributed by atoms with E-state index in [0.717, 1.165) is 49.2 Å². The number of aryl methyl sites for hydroxylation is 2. The molecule has 1 aromatic carbocycles. The van der Waals surface area contributed by atoms with Crippen molar-refractivity contribution in [3.05, 3.63) is 64.1 Å². The normalized spacial score (nSPS) is 16.3. The fraction of sp³-hybridized carbons (Fsp3) is 0.318. The molecule has 1 aliphatic rings. The SMILES string of the molecule is COc1ccc2cc(C(CNc3ccc(C)nc3C)[P+]3(O)NC(C)=C(C)N3)sc2c1. The van der Waals surface area contributed by atoms with Gasteiger partial charge in [-0.25, -0.2) is 15.1 Å². The number of hydrogen-bond donors (Lipinski definition) is 4. The minimum Gasteiger partial charge on any atom is -0.497 e. The molecule has 1 unspecified atom stereocenters. The summed E-state index contributed by atoms with van der Waals surface area (Å²) in [5, 5.41) is 11.4. The van der Waals surface area contributed by atoms with E-state index < -0.39 is 7.79 Å². The number of pyridine rings is 1. The van der Waals surface area contributed by atoms with Gasteiger partial charge in [0.2, 0.25) is 0 Å². The van der Waals surface area contributed by atoms with Crippen LogP contribution in [0.25, 0.3) is 10.1 Å². The number of anilines is 1. The molecule has 2 aromatic heterocycles. The molecule has 8 heteroatoms. The van der Waals surface area contributed by atoms with Gasteiger partial charge in [-0.3, -0.25) is 4.98 Å². The highest BCUT2D eigenvalue weighted by atomic mass is 32.1. The van der Waals surface area contributed by atoms with Gasteiger partial charge < -0.3 is 10.1 Å². The lowest BCUT2D eigenvalue weighted by atomic mass is 10.2. The molecule has 3 aromatic rings. The minimum absolute atomic E-state index is 0.131. The average molecular weight is 444 g/mol. The molecule has 158 valence electrons. The number of fused-ring (bicyclic) bond motifs is 1. The number of nitrogens with one attached hydrogen (secondary N) is 3. The van der Waals surface area contributed by atoms with Crippen molar-refractivity contribution >= 4 is 34.9 Å². The maximum absolute atomic E-state index is 11.6. The van der Waals surface area contributed by atoms with E-state index in [-0.39, 0.29) is 5.66 Å². The van der Waals surface area contributed by atoms with E-state index >= 15 is 0 Å². The van der Waals surface area contributed by atoms with Gasteiger partial charge in [0.15, 0.2) is 5.66 Å². The van der Waals surface area contributed by atoms with Crippen LogP contribution in [0.5, 0.6) is 5.75 Å². The number of benzene rings is 1. The Morgan fingerprint density at radius 3 is 2.50 bits per heavy atom. The number of hydrogen-bond acceptors (Lipinski definition) is 7. The summed E-state index contributed by atoms with van der Waals surface area (Å²) in [4.78, 5) is 17.3. The zero-order valence-corrected chi connectivity index (χ0v) is 19.6. The Morgan fingerprint density at radius 2 is 1.83 bits per heavy atom. The average Bonchev–Trinajstić information content (AvgIpc) is 3.22. The van der Waals surface area contributed by atoms with Crippen molar-refractivity contribution in [1.29, 1.82) is 0 Å². The molecular formula is C22H28N4O2PS+. The van der Waals surface area contributed by atoms with Gasteiger partial charge >= 0.3 is 7.79 Å². The highest BCUT2D eigenvalue weighted by molar-refractivity contribution is 7.67. The van der Waals surface area contributed by atoms with Gasteiger partial charge in [-0.2, -0.15) is 0 Å². The first-order valence-electron chi connectivity index (χ1n) is 9.90. The second kappa shape index (κ2) is 8.06. The Kier molecular flexibility index (Phi) is 5.62. The van der Waals surface area contributed by atoms with Crippen molar-refractivity contribution in [1.82, 2.24) is 15.2 Å². The molecule has 0 aliphatic carbocycles. The minimum atomic E-state index is -2.68. The van der Waals surface area contributed by atoms with E-state index in [2.05, 4.69) is 44.7 Å². The predicted octanol–water partition coefficient (Wildman–Crippen LogP) is 5.27. The van der Waals surface area contributed by atoms with E-state index in [0.29, 0.717) is 6.54 Å². The molecule has 0 bridgehead atoms. The first-order valence-corrected chi connectivity index (χ1v) is 12.5. The molecule has 0 radical (unpaired) electrons. The van der Waals surface area contributed by atoms with E-state index in [1.165, 1.54) is 0 Å².